The maximum Gasteiger partial charge on any atom is 0.363 e. The zero-order valence-corrected chi connectivity index (χ0v) is 8.17. The molecule has 0 bridgehead atoms. The van der Waals surface area contributed by atoms with Gasteiger partial charge >= 0.3 is 5.97 Å². The van der Waals surface area contributed by atoms with Gasteiger partial charge in [0.05, 0.1) is 13.0 Å². The van der Waals surface area contributed by atoms with E-state index < -0.39 is 0 Å². The van der Waals surface area contributed by atoms with Gasteiger partial charge in [-0.1, -0.05) is 0 Å². The minimum Gasteiger partial charge on any atom is -0.461 e. The number of likely N-dealkylation sites (tertiary alicyclic amines) is 1. The Morgan fingerprint density at radius 3 is 2.00 bits per heavy atom. The summed E-state index contributed by atoms with van der Waals surface area (Å²) < 4.78 is 4.53. The number of Topliss-reactive ketones (excluding diaryl/α,β-unsaturated/α-hetero) is 1. The number of hydrogen-bond acceptors (Lipinski definition) is 3. The fourth-order valence-electron chi connectivity index (χ4n) is 1.26. The summed E-state index contributed by atoms with van der Waals surface area (Å²) in [5.41, 5.74) is 0. The normalized spacial score (nSPS) is 31.0. The molecule has 2 unspecified atom stereocenters. The zero-order valence-electron chi connectivity index (χ0n) is 8.17. The predicted molar refractivity (Wildman–Crippen MR) is 47.8 cm³/mol. The van der Waals surface area contributed by atoms with Crippen molar-refractivity contribution in [2.45, 2.75) is 6.42 Å². The van der Waals surface area contributed by atoms with Crippen LogP contribution >= 0.6 is 0 Å². The molecule has 2 heterocycles. The number of ether oxygens (including phenoxy) is 1. The molecule has 2 aliphatic rings. The summed E-state index contributed by atoms with van der Waals surface area (Å²) >= 11 is 0. The number of cyclic esters (lactones) is 1. The first kappa shape index (κ1) is 11.1. The summed E-state index contributed by atoms with van der Waals surface area (Å²) in [4.78, 5) is 22.5. The summed E-state index contributed by atoms with van der Waals surface area (Å²) in [6, 6.07) is 0. The molecule has 0 aliphatic carbocycles. The van der Waals surface area contributed by atoms with Gasteiger partial charge in [-0.25, -0.2) is 4.79 Å². The number of quaternary nitrogens is 2. The third kappa shape index (κ3) is 3.85. The Kier molecular flexibility index (Phi) is 4.03. The second kappa shape index (κ2) is 5.07. The van der Waals surface area contributed by atoms with E-state index in [1.807, 2.05) is 0 Å². The first-order valence-corrected chi connectivity index (χ1v) is 4.58. The first-order valence-electron chi connectivity index (χ1n) is 4.58. The molecule has 0 aromatic carbocycles. The van der Waals surface area contributed by atoms with E-state index in [2.05, 4.69) is 18.8 Å². The molecular weight excluding hydrogens is 184 g/mol. The van der Waals surface area contributed by atoms with Crippen molar-refractivity contribution in [1.29, 1.82) is 0 Å². The van der Waals surface area contributed by atoms with Gasteiger partial charge in [0.15, 0.2) is 12.3 Å². The maximum absolute atomic E-state index is 10.4. The molecule has 2 saturated heterocycles. The van der Waals surface area contributed by atoms with Crippen molar-refractivity contribution in [1.82, 2.24) is 0 Å². The molecule has 0 aromatic rings. The second-order valence-corrected chi connectivity index (χ2v) is 3.55. The van der Waals surface area contributed by atoms with Crippen molar-refractivity contribution in [3.05, 3.63) is 14.1 Å². The van der Waals surface area contributed by atoms with Crippen molar-refractivity contribution >= 4 is 11.8 Å². The van der Waals surface area contributed by atoms with Gasteiger partial charge in [-0.05, 0) is 0 Å². The molecule has 5 nitrogen and oxygen atoms in total. The van der Waals surface area contributed by atoms with Crippen LogP contribution in [0.3, 0.4) is 0 Å². The molecule has 0 spiro atoms. The van der Waals surface area contributed by atoms with Crippen LogP contribution in [0.1, 0.15) is 6.42 Å². The standard InChI is InChI=1S/C5H9NO.C4H7NO2/c1-6-3-2-5(7)4-6;1-5-2-4(6)7-3-5/h6H,1-4H2;5H,1-3H2. The molecule has 14 heavy (non-hydrogen) atoms. The quantitative estimate of drug-likeness (QED) is 0.320. The van der Waals surface area contributed by atoms with Crippen molar-refractivity contribution in [3.63, 3.8) is 0 Å². The van der Waals surface area contributed by atoms with Gasteiger partial charge in [-0.3, -0.25) is 4.79 Å². The topological polar surface area (TPSA) is 52.3 Å². The van der Waals surface area contributed by atoms with Crippen LogP contribution in [-0.4, -0.2) is 38.1 Å². The lowest BCUT2D eigenvalue weighted by Crippen LogP contribution is -3.05. The fourth-order valence-corrected chi connectivity index (χ4v) is 1.26. The van der Waals surface area contributed by atoms with Gasteiger partial charge in [0, 0.05) is 0 Å². The summed E-state index contributed by atoms with van der Waals surface area (Å²) in [5, 5.41) is 0. The van der Waals surface area contributed by atoms with Crippen LogP contribution in [0.25, 0.3) is 0 Å². The van der Waals surface area contributed by atoms with Crippen LogP contribution in [0.5, 0.6) is 0 Å². The van der Waals surface area contributed by atoms with E-state index in [9.17, 15) is 9.59 Å². The zero-order chi connectivity index (χ0) is 10.6. The van der Waals surface area contributed by atoms with Crippen LogP contribution in [0.4, 0.5) is 0 Å². The van der Waals surface area contributed by atoms with E-state index >= 15 is 0 Å². The molecule has 0 radical (unpaired) electrons. The van der Waals surface area contributed by atoms with E-state index in [4.69, 9.17) is 0 Å². The van der Waals surface area contributed by atoms with Crippen LogP contribution < -0.4 is 9.80 Å². The third-order valence-electron chi connectivity index (χ3n) is 2.04. The fraction of sp³-hybridized carbons (Fsp3) is 0.556. The Morgan fingerprint density at radius 1 is 1.14 bits per heavy atom. The number of ketones is 1. The van der Waals surface area contributed by atoms with Gasteiger partial charge in [0.2, 0.25) is 6.73 Å². The average molecular weight is 200 g/mol. The highest BCUT2D eigenvalue weighted by molar-refractivity contribution is 5.80. The van der Waals surface area contributed by atoms with Gasteiger partial charge in [0.25, 0.3) is 0 Å². The number of rotatable bonds is 0. The summed E-state index contributed by atoms with van der Waals surface area (Å²) in [5.74, 6) is 0.204. The molecule has 2 atom stereocenters. The molecule has 2 fully saturated rings. The van der Waals surface area contributed by atoms with Crippen LogP contribution in [-0.2, 0) is 14.3 Å². The Balaban J connectivity index is 0.000000140. The Morgan fingerprint density at radius 2 is 1.86 bits per heavy atom. The average Bonchev–Trinajstić information content (AvgIpc) is 2.63. The largest absolute Gasteiger partial charge is 0.461 e. The SMILES string of the molecule is [CH2-][NH+]1CCC(=O)C1.[CH2-][NH+]1COC(=O)C1. The second-order valence-electron chi connectivity index (χ2n) is 3.55. The van der Waals surface area contributed by atoms with Crippen molar-refractivity contribution < 1.29 is 24.1 Å². The highest BCUT2D eigenvalue weighted by Crippen LogP contribution is 1.80. The molecule has 2 rings (SSSR count). The van der Waals surface area contributed by atoms with Crippen LogP contribution in [0.2, 0.25) is 0 Å². The minimum absolute atomic E-state index is 0.148. The van der Waals surface area contributed by atoms with Crippen molar-refractivity contribution in [2.75, 3.05) is 26.4 Å². The lowest BCUT2D eigenvalue weighted by molar-refractivity contribution is -0.848. The summed E-state index contributed by atoms with van der Waals surface area (Å²) in [7, 11) is 7.24. The molecule has 2 aliphatic heterocycles. The van der Waals surface area contributed by atoms with Gasteiger partial charge in [0.1, 0.15) is 6.54 Å². The summed E-state index contributed by atoms with van der Waals surface area (Å²) in [6.07, 6.45) is 0.735. The Bertz CT molecular complexity index is 206. The van der Waals surface area contributed by atoms with Gasteiger partial charge < -0.3 is 14.5 Å². The van der Waals surface area contributed by atoms with E-state index in [1.54, 1.807) is 0 Å². The molecule has 2 N–H and O–H groups in total. The minimum atomic E-state index is -0.148. The highest BCUT2D eigenvalue weighted by atomic mass is 16.6. The van der Waals surface area contributed by atoms with Crippen molar-refractivity contribution in [3.8, 4) is 0 Å². The smallest absolute Gasteiger partial charge is 0.363 e. The number of carbonyl (C=O) groups is 2. The van der Waals surface area contributed by atoms with E-state index in [0.717, 1.165) is 22.8 Å². The number of esters is 1. The van der Waals surface area contributed by atoms with Gasteiger partial charge in [-0.15, -0.1) is 7.05 Å². The van der Waals surface area contributed by atoms with E-state index in [-0.39, 0.29) is 5.97 Å². The molecule has 0 aromatic heterocycles. The maximum atomic E-state index is 10.4. The highest BCUT2D eigenvalue weighted by Gasteiger charge is 2.15. The van der Waals surface area contributed by atoms with E-state index in [0.29, 0.717) is 25.6 Å². The Labute approximate surface area is 83.6 Å². The predicted octanol–water partition coefficient (Wildman–Crippen LogP) is -3.19. The van der Waals surface area contributed by atoms with Gasteiger partial charge in [-0.2, -0.15) is 7.05 Å². The molecule has 0 amide bonds. The molecular formula is C9H16N2O3. The van der Waals surface area contributed by atoms with E-state index in [1.165, 1.54) is 0 Å². The monoisotopic (exact) mass is 200 g/mol. The van der Waals surface area contributed by atoms with Crippen LogP contribution in [0.15, 0.2) is 0 Å². The van der Waals surface area contributed by atoms with Crippen molar-refractivity contribution in [2.24, 2.45) is 0 Å². The molecule has 5 heteroatoms. The number of hydrogen-bond donors (Lipinski definition) is 2. The lowest BCUT2D eigenvalue weighted by atomic mass is 10.4. The first-order chi connectivity index (χ1) is 6.58. The molecule has 0 saturated carbocycles. The van der Waals surface area contributed by atoms with Crippen LogP contribution in [0, 0.1) is 14.1 Å². The Hall–Kier alpha value is -0.940. The lowest BCUT2D eigenvalue weighted by Gasteiger charge is -2.07. The molecule has 80 valence electrons. The third-order valence-corrected chi connectivity index (χ3v) is 2.04. The number of nitrogens with one attached hydrogen (secondary N) is 2. The number of carbonyl (C=O) groups excluding carboxylic acids is 2. The summed E-state index contributed by atoms with van der Waals surface area (Å²) in [6.45, 7) is 2.41.